The molecule has 4 nitrogen and oxygen atoms in total. The van der Waals surface area contributed by atoms with Crippen LogP contribution >= 0.6 is 0 Å². The summed E-state index contributed by atoms with van der Waals surface area (Å²) in [6, 6.07) is 9.23. The first-order valence-corrected chi connectivity index (χ1v) is 8.40. The van der Waals surface area contributed by atoms with Crippen LogP contribution in [0, 0.1) is 11.8 Å². The first-order chi connectivity index (χ1) is 11.2. The molecule has 23 heavy (non-hydrogen) atoms. The minimum absolute atomic E-state index is 0.150. The van der Waals surface area contributed by atoms with E-state index in [2.05, 4.69) is 34.6 Å². The molecule has 2 aromatic rings. The summed E-state index contributed by atoms with van der Waals surface area (Å²) in [5.74, 6) is 0.852. The van der Waals surface area contributed by atoms with Crippen molar-refractivity contribution in [1.29, 1.82) is 0 Å². The van der Waals surface area contributed by atoms with Gasteiger partial charge in [-0.1, -0.05) is 18.2 Å². The highest BCUT2D eigenvalue weighted by Gasteiger charge is 2.46. The number of aromatic nitrogens is 1. The first kappa shape index (κ1) is 13.4. The third-order valence-electron chi connectivity index (χ3n) is 5.86. The maximum absolute atomic E-state index is 12.0. The van der Waals surface area contributed by atoms with Gasteiger partial charge in [0.15, 0.2) is 5.78 Å². The Morgan fingerprint density at radius 2 is 2.17 bits per heavy atom. The SMILES string of the molecule is CC(=O)C1=COC[C@H]2[C@@H]3Cc4c([nH]c5ccccc45)[C@H](C[C@@H]12)N3. The third-order valence-corrected chi connectivity index (χ3v) is 5.86. The summed E-state index contributed by atoms with van der Waals surface area (Å²) >= 11 is 0. The van der Waals surface area contributed by atoms with Crippen LogP contribution < -0.4 is 5.32 Å². The Morgan fingerprint density at radius 3 is 3.04 bits per heavy atom. The maximum Gasteiger partial charge on any atom is 0.159 e. The van der Waals surface area contributed by atoms with Crippen LogP contribution in [-0.2, 0) is 16.0 Å². The molecule has 5 rings (SSSR count). The van der Waals surface area contributed by atoms with Crippen LogP contribution in [0.1, 0.15) is 30.6 Å². The van der Waals surface area contributed by atoms with E-state index in [0.29, 0.717) is 30.5 Å². The second kappa shape index (κ2) is 4.71. The lowest BCUT2D eigenvalue weighted by molar-refractivity contribution is -0.115. The molecule has 0 spiro atoms. The molecule has 1 saturated heterocycles. The Hall–Kier alpha value is -2.07. The number of piperidine rings is 1. The molecule has 0 amide bonds. The molecule has 3 aliphatic rings. The molecule has 4 heteroatoms. The van der Waals surface area contributed by atoms with Gasteiger partial charge in [0.1, 0.15) is 0 Å². The number of Topliss-reactive ketones (excluding diaryl/α,β-unsaturated/α-hetero) is 1. The number of para-hydroxylation sites is 1. The Morgan fingerprint density at radius 1 is 1.30 bits per heavy atom. The minimum Gasteiger partial charge on any atom is -0.500 e. The molecule has 1 fully saturated rings. The van der Waals surface area contributed by atoms with Crippen molar-refractivity contribution in [3.05, 3.63) is 47.4 Å². The van der Waals surface area contributed by atoms with Gasteiger partial charge in [-0.3, -0.25) is 4.79 Å². The van der Waals surface area contributed by atoms with Gasteiger partial charge in [-0.05, 0) is 37.3 Å². The van der Waals surface area contributed by atoms with E-state index in [1.165, 1.54) is 22.2 Å². The number of allylic oxidation sites excluding steroid dienone is 1. The largest absolute Gasteiger partial charge is 0.500 e. The van der Waals surface area contributed by atoms with E-state index in [0.717, 1.165) is 18.4 Å². The highest BCUT2D eigenvalue weighted by molar-refractivity contribution is 5.93. The molecule has 1 aromatic heterocycles. The van der Waals surface area contributed by atoms with Crippen molar-refractivity contribution < 1.29 is 9.53 Å². The highest BCUT2D eigenvalue weighted by atomic mass is 16.5. The Balaban J connectivity index is 1.61. The lowest BCUT2D eigenvalue weighted by atomic mass is 9.68. The van der Waals surface area contributed by atoms with E-state index >= 15 is 0 Å². The second-order valence-electron chi connectivity index (χ2n) is 7.06. The van der Waals surface area contributed by atoms with Crippen molar-refractivity contribution in [2.75, 3.05) is 6.61 Å². The zero-order valence-electron chi connectivity index (χ0n) is 13.1. The molecule has 4 heterocycles. The summed E-state index contributed by atoms with van der Waals surface area (Å²) < 4.78 is 5.63. The summed E-state index contributed by atoms with van der Waals surface area (Å²) in [7, 11) is 0. The average molecular weight is 308 g/mol. The molecule has 0 unspecified atom stereocenters. The molecule has 0 radical (unpaired) electrons. The average Bonchev–Trinajstić information content (AvgIpc) is 2.94. The Bertz CT molecular complexity index is 835. The minimum atomic E-state index is 0.150. The number of ether oxygens (including phenoxy) is 1. The van der Waals surface area contributed by atoms with Crippen LogP contribution in [-0.4, -0.2) is 23.4 Å². The van der Waals surface area contributed by atoms with Gasteiger partial charge in [0, 0.05) is 40.2 Å². The van der Waals surface area contributed by atoms with E-state index in [9.17, 15) is 4.79 Å². The normalized spacial score (nSPS) is 31.8. The van der Waals surface area contributed by atoms with Crippen molar-refractivity contribution in [3.63, 3.8) is 0 Å². The van der Waals surface area contributed by atoms with Crippen LogP contribution in [0.4, 0.5) is 0 Å². The van der Waals surface area contributed by atoms with Crippen molar-refractivity contribution in [1.82, 2.24) is 10.3 Å². The molecule has 2 bridgehead atoms. The lowest BCUT2D eigenvalue weighted by Gasteiger charge is -2.47. The van der Waals surface area contributed by atoms with Crippen LogP contribution in [0.5, 0.6) is 0 Å². The van der Waals surface area contributed by atoms with Crippen molar-refractivity contribution in [2.45, 2.75) is 31.8 Å². The molecule has 1 aromatic carbocycles. The number of hydrogen-bond donors (Lipinski definition) is 2. The summed E-state index contributed by atoms with van der Waals surface area (Å²) in [6.45, 7) is 2.37. The van der Waals surface area contributed by atoms with E-state index in [1.54, 1.807) is 13.2 Å². The zero-order valence-corrected chi connectivity index (χ0v) is 13.1. The van der Waals surface area contributed by atoms with Gasteiger partial charge in [0.2, 0.25) is 0 Å². The molecule has 0 aliphatic carbocycles. The first-order valence-electron chi connectivity index (χ1n) is 8.40. The quantitative estimate of drug-likeness (QED) is 0.852. The van der Waals surface area contributed by atoms with Crippen LogP contribution in [0.3, 0.4) is 0 Å². The molecule has 2 N–H and O–H groups in total. The smallest absolute Gasteiger partial charge is 0.159 e. The summed E-state index contributed by atoms with van der Waals surface area (Å²) in [4.78, 5) is 15.6. The zero-order chi connectivity index (χ0) is 15.6. The van der Waals surface area contributed by atoms with E-state index < -0.39 is 0 Å². The number of aromatic amines is 1. The Labute approximate surface area is 134 Å². The van der Waals surface area contributed by atoms with Crippen molar-refractivity contribution in [2.24, 2.45) is 11.8 Å². The second-order valence-corrected chi connectivity index (χ2v) is 7.06. The van der Waals surface area contributed by atoms with Crippen LogP contribution in [0.15, 0.2) is 36.1 Å². The molecular formula is C19H20N2O2. The maximum atomic E-state index is 12.0. The number of benzene rings is 1. The molecule has 4 atom stereocenters. The number of ketones is 1. The summed E-state index contributed by atoms with van der Waals surface area (Å²) in [5, 5.41) is 5.12. The van der Waals surface area contributed by atoms with Gasteiger partial charge in [-0.25, -0.2) is 0 Å². The van der Waals surface area contributed by atoms with Crippen LogP contribution in [0.2, 0.25) is 0 Å². The standard InChI is InChI=1S/C19H20N2O2/c1-10(22)14-8-23-9-15-12(14)6-18-19-13(7-17(15)20-18)11-4-2-3-5-16(11)21-19/h2-5,8,12,15,17-18,20-21H,6-7,9H2,1H3/t12-,15+,17-,18-/m0/s1. The van der Waals surface area contributed by atoms with Gasteiger partial charge in [-0.15, -0.1) is 0 Å². The van der Waals surface area contributed by atoms with Gasteiger partial charge >= 0.3 is 0 Å². The van der Waals surface area contributed by atoms with Gasteiger partial charge < -0.3 is 15.0 Å². The predicted molar refractivity (Wildman–Crippen MR) is 88.0 cm³/mol. The van der Waals surface area contributed by atoms with Crippen molar-refractivity contribution >= 4 is 16.7 Å². The summed E-state index contributed by atoms with van der Waals surface area (Å²) in [5.41, 5.74) is 4.85. The van der Waals surface area contributed by atoms with E-state index in [-0.39, 0.29) is 5.78 Å². The fourth-order valence-electron chi connectivity index (χ4n) is 4.80. The molecule has 118 valence electrons. The third kappa shape index (κ3) is 1.84. The number of carbonyl (C=O) groups is 1. The molecule has 3 aliphatic heterocycles. The van der Waals surface area contributed by atoms with Gasteiger partial charge in [0.25, 0.3) is 0 Å². The topological polar surface area (TPSA) is 54.1 Å². The predicted octanol–water partition coefficient (Wildman–Crippen LogP) is 2.86. The molecular weight excluding hydrogens is 288 g/mol. The fourth-order valence-corrected chi connectivity index (χ4v) is 4.80. The van der Waals surface area contributed by atoms with Gasteiger partial charge in [0.05, 0.1) is 12.9 Å². The van der Waals surface area contributed by atoms with Gasteiger partial charge in [-0.2, -0.15) is 0 Å². The number of carbonyl (C=O) groups excluding carboxylic acids is 1. The van der Waals surface area contributed by atoms with Crippen molar-refractivity contribution in [3.8, 4) is 0 Å². The van der Waals surface area contributed by atoms with E-state index in [4.69, 9.17) is 4.74 Å². The fraction of sp³-hybridized carbons (Fsp3) is 0.421. The molecule has 0 saturated carbocycles. The number of hydrogen-bond acceptors (Lipinski definition) is 3. The number of fused-ring (bicyclic) bond motifs is 8. The number of H-pyrrole nitrogens is 1. The van der Waals surface area contributed by atoms with E-state index in [1.807, 2.05) is 0 Å². The Kier molecular flexibility index (Phi) is 2.74. The monoisotopic (exact) mass is 308 g/mol. The number of rotatable bonds is 1. The van der Waals surface area contributed by atoms with Crippen LogP contribution in [0.25, 0.3) is 10.9 Å². The number of nitrogens with one attached hydrogen (secondary N) is 2. The highest BCUT2D eigenvalue weighted by Crippen LogP contribution is 2.46. The summed E-state index contributed by atoms with van der Waals surface area (Å²) in [6.07, 6.45) is 3.68. The lowest BCUT2D eigenvalue weighted by Crippen LogP contribution is -2.54.